The van der Waals surface area contributed by atoms with Crippen molar-refractivity contribution in [2.75, 3.05) is 28.4 Å². The Balaban J connectivity index is 1.43. The fourth-order valence-corrected chi connectivity index (χ4v) is 2.98. The molecule has 2 aromatic heterocycles. The molecule has 2 heterocycles. The van der Waals surface area contributed by atoms with E-state index in [4.69, 9.17) is 28.4 Å². The van der Waals surface area contributed by atoms with Crippen LogP contribution in [0.4, 0.5) is 0 Å². The number of carbonyl (C=O) groups excluding carboxylic acids is 2. The average molecular weight is 520 g/mol. The molecule has 0 aliphatic carbocycles. The van der Waals surface area contributed by atoms with Crippen LogP contribution in [0, 0.1) is 0 Å². The Kier molecular flexibility index (Phi) is 7.81. The van der Waals surface area contributed by atoms with Crippen molar-refractivity contribution in [2.24, 2.45) is 0 Å². The molecule has 2 aromatic carbocycles. The molecule has 0 aliphatic rings. The minimum Gasteiger partial charge on any atom is -0.467 e. The van der Waals surface area contributed by atoms with Crippen LogP contribution in [0.25, 0.3) is 11.1 Å². The summed E-state index contributed by atoms with van der Waals surface area (Å²) >= 11 is 0. The van der Waals surface area contributed by atoms with Gasteiger partial charge in [0.05, 0.1) is 39.6 Å². The second kappa shape index (κ2) is 11.6. The molecule has 0 atom stereocenters. The van der Waals surface area contributed by atoms with Gasteiger partial charge >= 0.3 is 48.0 Å². The number of nitrogens with zero attached hydrogens (tertiary/aromatic N) is 6. The van der Waals surface area contributed by atoms with Gasteiger partial charge in [-0.05, 0) is 35.4 Å². The molecule has 0 N–H and O–H groups in total. The van der Waals surface area contributed by atoms with Gasteiger partial charge < -0.3 is 28.4 Å². The monoisotopic (exact) mass is 520 g/mol. The Morgan fingerprint density at radius 3 is 0.974 bits per heavy atom. The van der Waals surface area contributed by atoms with Gasteiger partial charge in [0.1, 0.15) is 0 Å². The molecule has 0 bridgehead atoms. The third kappa shape index (κ3) is 6.04. The van der Waals surface area contributed by atoms with Gasteiger partial charge in [-0.15, -0.1) is 29.9 Å². The molecular weight excluding hydrogens is 500 g/mol. The van der Waals surface area contributed by atoms with E-state index in [-0.39, 0.29) is 47.2 Å². The van der Waals surface area contributed by atoms with Crippen LogP contribution < -0.4 is 28.4 Å². The highest BCUT2D eigenvalue weighted by atomic mass is 16.6. The first kappa shape index (κ1) is 25.7. The van der Waals surface area contributed by atoms with Crippen molar-refractivity contribution in [2.45, 2.75) is 0 Å². The third-order valence-corrected chi connectivity index (χ3v) is 4.82. The standard InChI is InChI=1S/C24H20N6O8/c1-33-19-25-20(34-2)28-23(27-19)37-17(31)15-9-5-13(6-10-15)14-7-11-16(12-8-14)18(32)38-24-29-21(35-3)26-22(30-24)36-4/h5-12H,1-4H3. The number of aromatic nitrogens is 6. The summed E-state index contributed by atoms with van der Waals surface area (Å²) in [5.41, 5.74) is 2.10. The lowest BCUT2D eigenvalue weighted by molar-refractivity contribution is 0.0705. The smallest absolute Gasteiger partial charge is 0.345 e. The molecule has 194 valence electrons. The number of hydrogen-bond donors (Lipinski definition) is 0. The summed E-state index contributed by atoms with van der Waals surface area (Å²) in [5, 5.41) is 0. The van der Waals surface area contributed by atoms with E-state index in [0.717, 1.165) is 11.1 Å². The van der Waals surface area contributed by atoms with Gasteiger partial charge in [-0.25, -0.2) is 9.59 Å². The average Bonchev–Trinajstić information content (AvgIpc) is 2.96. The maximum atomic E-state index is 12.5. The lowest BCUT2D eigenvalue weighted by Crippen LogP contribution is -2.12. The van der Waals surface area contributed by atoms with Crippen molar-refractivity contribution in [1.29, 1.82) is 0 Å². The zero-order chi connectivity index (χ0) is 27.1. The van der Waals surface area contributed by atoms with Gasteiger partial charge in [0.15, 0.2) is 0 Å². The topological polar surface area (TPSA) is 167 Å². The molecular formula is C24H20N6O8. The number of esters is 2. The number of hydrogen-bond acceptors (Lipinski definition) is 14. The number of carbonyl (C=O) groups is 2. The quantitative estimate of drug-likeness (QED) is 0.294. The van der Waals surface area contributed by atoms with Gasteiger partial charge in [-0.1, -0.05) is 24.3 Å². The zero-order valence-corrected chi connectivity index (χ0v) is 20.6. The summed E-state index contributed by atoms with van der Waals surface area (Å²) in [6.45, 7) is 0. The van der Waals surface area contributed by atoms with Gasteiger partial charge in [0.25, 0.3) is 0 Å². The van der Waals surface area contributed by atoms with Gasteiger partial charge in [-0.3, -0.25) is 0 Å². The third-order valence-electron chi connectivity index (χ3n) is 4.82. The summed E-state index contributed by atoms with van der Waals surface area (Å²) in [4.78, 5) is 48.2. The van der Waals surface area contributed by atoms with Crippen LogP contribution in [-0.4, -0.2) is 70.3 Å². The second-order valence-corrected chi connectivity index (χ2v) is 7.12. The highest BCUT2D eigenvalue weighted by Gasteiger charge is 2.16. The van der Waals surface area contributed by atoms with Gasteiger partial charge in [0, 0.05) is 0 Å². The number of methoxy groups -OCH3 is 4. The Morgan fingerprint density at radius 2 is 0.711 bits per heavy atom. The molecule has 0 radical (unpaired) electrons. The van der Waals surface area contributed by atoms with E-state index in [1.807, 2.05) is 0 Å². The Labute approximate surface area is 215 Å². The molecule has 0 saturated heterocycles. The molecule has 38 heavy (non-hydrogen) atoms. The van der Waals surface area contributed by atoms with Gasteiger partial charge in [0.2, 0.25) is 0 Å². The SMILES string of the molecule is COc1nc(OC)nc(OC(=O)c2ccc(-c3ccc(C(=O)Oc4nc(OC)nc(OC)n4)cc3)cc2)n1. The van der Waals surface area contributed by atoms with Crippen molar-refractivity contribution in [3.63, 3.8) is 0 Å². The first-order chi connectivity index (χ1) is 18.4. The summed E-state index contributed by atoms with van der Waals surface area (Å²) in [6, 6.07) is 12.4. The predicted molar refractivity (Wildman–Crippen MR) is 128 cm³/mol. The fourth-order valence-electron chi connectivity index (χ4n) is 2.98. The predicted octanol–water partition coefficient (Wildman–Crippen LogP) is 2.20. The van der Waals surface area contributed by atoms with Crippen LogP contribution in [0.5, 0.6) is 36.1 Å². The molecule has 0 spiro atoms. The van der Waals surface area contributed by atoms with E-state index in [1.165, 1.54) is 28.4 Å². The van der Waals surface area contributed by atoms with Crippen molar-refractivity contribution in [1.82, 2.24) is 29.9 Å². The van der Waals surface area contributed by atoms with Crippen LogP contribution in [0.2, 0.25) is 0 Å². The van der Waals surface area contributed by atoms with Crippen LogP contribution in [0.1, 0.15) is 20.7 Å². The van der Waals surface area contributed by atoms with E-state index < -0.39 is 11.9 Å². The van der Waals surface area contributed by atoms with E-state index in [0.29, 0.717) is 0 Å². The Morgan fingerprint density at radius 1 is 0.447 bits per heavy atom. The molecule has 0 saturated carbocycles. The maximum absolute atomic E-state index is 12.5. The minimum absolute atomic E-state index is 0.0601. The van der Waals surface area contributed by atoms with E-state index in [2.05, 4.69) is 29.9 Å². The van der Waals surface area contributed by atoms with Crippen molar-refractivity contribution >= 4 is 11.9 Å². The molecule has 0 unspecified atom stereocenters. The van der Waals surface area contributed by atoms with E-state index in [1.54, 1.807) is 48.5 Å². The first-order valence-electron chi connectivity index (χ1n) is 10.8. The van der Waals surface area contributed by atoms with E-state index in [9.17, 15) is 9.59 Å². The summed E-state index contributed by atoms with van der Waals surface area (Å²) in [5.74, 6) is -1.37. The Hall–Kier alpha value is -5.40. The van der Waals surface area contributed by atoms with Crippen LogP contribution >= 0.6 is 0 Å². The summed E-state index contributed by atoms with van der Waals surface area (Å²) in [7, 11) is 5.44. The molecule has 0 amide bonds. The number of benzene rings is 2. The largest absolute Gasteiger partial charge is 0.467 e. The first-order valence-corrected chi connectivity index (χ1v) is 10.8. The Bertz CT molecular complexity index is 1290. The van der Waals surface area contributed by atoms with Crippen molar-refractivity contribution in [3.8, 4) is 47.2 Å². The molecule has 0 fully saturated rings. The fraction of sp³-hybridized carbons (Fsp3) is 0.167. The normalized spacial score (nSPS) is 10.3. The van der Waals surface area contributed by atoms with Crippen LogP contribution in [0.15, 0.2) is 48.5 Å². The van der Waals surface area contributed by atoms with Crippen molar-refractivity contribution in [3.05, 3.63) is 59.7 Å². The van der Waals surface area contributed by atoms with Crippen LogP contribution in [-0.2, 0) is 0 Å². The maximum Gasteiger partial charge on any atom is 0.345 e. The zero-order valence-electron chi connectivity index (χ0n) is 20.6. The van der Waals surface area contributed by atoms with Crippen LogP contribution in [0.3, 0.4) is 0 Å². The van der Waals surface area contributed by atoms with E-state index >= 15 is 0 Å². The minimum atomic E-state index is -0.684. The molecule has 4 rings (SSSR count). The number of rotatable bonds is 9. The molecule has 14 heteroatoms. The lowest BCUT2D eigenvalue weighted by atomic mass is 10.0. The lowest BCUT2D eigenvalue weighted by Gasteiger charge is -2.07. The van der Waals surface area contributed by atoms with Gasteiger partial charge in [-0.2, -0.15) is 0 Å². The summed E-state index contributed by atoms with van der Waals surface area (Å²) < 4.78 is 30.2. The van der Waals surface area contributed by atoms with Crippen molar-refractivity contribution < 1.29 is 38.0 Å². The highest BCUT2D eigenvalue weighted by Crippen LogP contribution is 2.22. The second-order valence-electron chi connectivity index (χ2n) is 7.12. The summed E-state index contributed by atoms with van der Waals surface area (Å²) in [6.07, 6.45) is 0. The highest BCUT2D eigenvalue weighted by molar-refractivity contribution is 5.92. The molecule has 14 nitrogen and oxygen atoms in total. The molecule has 4 aromatic rings. The number of ether oxygens (including phenoxy) is 6. The molecule has 0 aliphatic heterocycles.